The van der Waals surface area contributed by atoms with Gasteiger partial charge in [0.25, 0.3) is 0 Å². The molecular formula is C19H16N2O5. The number of rotatable bonds is 2. The molecule has 2 aliphatic rings. The zero-order valence-electron chi connectivity index (χ0n) is 14.3. The summed E-state index contributed by atoms with van der Waals surface area (Å²) < 4.78 is 23.5. The van der Waals surface area contributed by atoms with Crippen LogP contribution in [-0.4, -0.2) is 23.1 Å². The van der Waals surface area contributed by atoms with E-state index in [0.29, 0.717) is 28.7 Å². The van der Waals surface area contributed by atoms with Crippen molar-refractivity contribution in [3.05, 3.63) is 40.8 Å². The average Bonchev–Trinajstić information content (AvgIpc) is 3.26. The molecule has 0 atom stereocenters. The molecule has 3 heterocycles. The van der Waals surface area contributed by atoms with Gasteiger partial charge in [0.2, 0.25) is 13.6 Å². The molecule has 0 unspecified atom stereocenters. The minimum atomic E-state index is -0.306. The molecule has 2 aliphatic heterocycles. The van der Waals surface area contributed by atoms with E-state index >= 15 is 0 Å². The van der Waals surface area contributed by atoms with Gasteiger partial charge in [0.15, 0.2) is 23.0 Å². The molecule has 26 heavy (non-hydrogen) atoms. The first kappa shape index (κ1) is 15.1. The maximum absolute atomic E-state index is 12.7. The molecule has 0 saturated heterocycles. The molecule has 0 bridgehead atoms. The molecule has 0 fully saturated rings. The highest BCUT2D eigenvalue weighted by molar-refractivity contribution is 5.95. The number of benzene rings is 2. The summed E-state index contributed by atoms with van der Waals surface area (Å²) in [6, 6.07) is 9.22. The Balaban J connectivity index is 1.83. The van der Waals surface area contributed by atoms with Crippen molar-refractivity contribution in [1.82, 2.24) is 9.55 Å². The summed E-state index contributed by atoms with van der Waals surface area (Å²) in [5, 5.41) is 0.821. The van der Waals surface area contributed by atoms with Gasteiger partial charge in [0, 0.05) is 23.1 Å². The van der Waals surface area contributed by atoms with Gasteiger partial charge < -0.3 is 18.9 Å². The Morgan fingerprint density at radius 1 is 0.923 bits per heavy atom. The second-order valence-corrected chi connectivity index (χ2v) is 6.50. The van der Waals surface area contributed by atoms with Crippen molar-refractivity contribution in [1.29, 1.82) is 0 Å². The summed E-state index contributed by atoms with van der Waals surface area (Å²) >= 11 is 0. The van der Waals surface area contributed by atoms with E-state index in [1.807, 2.05) is 44.2 Å². The summed E-state index contributed by atoms with van der Waals surface area (Å²) in [5.41, 5.74) is 1.82. The van der Waals surface area contributed by atoms with E-state index in [1.165, 1.54) is 0 Å². The first-order chi connectivity index (χ1) is 12.6. The van der Waals surface area contributed by atoms with Crippen molar-refractivity contribution in [3.8, 4) is 34.3 Å². The molecule has 0 aliphatic carbocycles. The molecule has 0 saturated carbocycles. The Kier molecular flexibility index (Phi) is 3.12. The second-order valence-electron chi connectivity index (χ2n) is 6.50. The topological polar surface area (TPSA) is 71.8 Å². The van der Waals surface area contributed by atoms with Crippen LogP contribution >= 0.6 is 0 Å². The molecule has 1 aromatic heterocycles. The summed E-state index contributed by atoms with van der Waals surface area (Å²) in [6.45, 7) is 4.27. The zero-order chi connectivity index (χ0) is 17.8. The van der Waals surface area contributed by atoms with Crippen LogP contribution in [-0.2, 0) is 0 Å². The fraction of sp³-hybridized carbons (Fsp3) is 0.263. The van der Waals surface area contributed by atoms with Crippen LogP contribution in [0.3, 0.4) is 0 Å². The lowest BCUT2D eigenvalue weighted by Gasteiger charge is -2.16. The van der Waals surface area contributed by atoms with Gasteiger partial charge in [-0.1, -0.05) is 0 Å². The van der Waals surface area contributed by atoms with Crippen molar-refractivity contribution < 1.29 is 18.9 Å². The van der Waals surface area contributed by atoms with E-state index in [2.05, 4.69) is 4.98 Å². The standard InChI is InChI=1S/C19H16N2O5/c1-10(2)21-13-7-17-16(25-9-26-17)6-12(13)18(20-19(21)22)11-3-4-14-15(5-11)24-8-23-14/h3-7,10H,8-9H2,1-2H3. The smallest absolute Gasteiger partial charge is 0.348 e. The number of hydrogen-bond acceptors (Lipinski definition) is 6. The van der Waals surface area contributed by atoms with Crippen molar-refractivity contribution in [2.75, 3.05) is 13.6 Å². The maximum Gasteiger partial charge on any atom is 0.348 e. The van der Waals surface area contributed by atoms with Crippen molar-refractivity contribution in [3.63, 3.8) is 0 Å². The molecule has 0 radical (unpaired) electrons. The lowest BCUT2D eigenvalue weighted by molar-refractivity contribution is 0.173. The van der Waals surface area contributed by atoms with Crippen LogP contribution in [0.4, 0.5) is 0 Å². The first-order valence-corrected chi connectivity index (χ1v) is 8.38. The van der Waals surface area contributed by atoms with Crippen LogP contribution in [0.25, 0.3) is 22.2 Å². The maximum atomic E-state index is 12.7. The molecule has 0 amide bonds. The molecule has 0 N–H and O–H groups in total. The Morgan fingerprint density at radius 2 is 1.58 bits per heavy atom. The molecule has 2 aromatic carbocycles. The van der Waals surface area contributed by atoms with Gasteiger partial charge in [0.1, 0.15) is 0 Å². The Morgan fingerprint density at radius 3 is 2.31 bits per heavy atom. The van der Waals surface area contributed by atoms with E-state index in [4.69, 9.17) is 18.9 Å². The third kappa shape index (κ3) is 2.13. The molecule has 0 spiro atoms. The fourth-order valence-electron chi connectivity index (χ4n) is 3.40. The Labute approximate surface area is 148 Å². The molecule has 5 rings (SSSR count). The number of hydrogen-bond donors (Lipinski definition) is 0. The quantitative estimate of drug-likeness (QED) is 0.706. The summed E-state index contributed by atoms with van der Waals surface area (Å²) in [5.74, 6) is 2.61. The predicted molar refractivity (Wildman–Crippen MR) is 94.1 cm³/mol. The normalized spacial score (nSPS) is 14.4. The van der Waals surface area contributed by atoms with Crippen LogP contribution in [0, 0.1) is 0 Å². The van der Waals surface area contributed by atoms with Gasteiger partial charge in [-0.15, -0.1) is 0 Å². The van der Waals surface area contributed by atoms with Gasteiger partial charge >= 0.3 is 5.69 Å². The van der Waals surface area contributed by atoms with Gasteiger partial charge in [0.05, 0.1) is 11.2 Å². The summed E-state index contributed by atoms with van der Waals surface area (Å²) in [7, 11) is 0. The highest BCUT2D eigenvalue weighted by Crippen LogP contribution is 2.41. The van der Waals surface area contributed by atoms with Crippen molar-refractivity contribution in [2.45, 2.75) is 19.9 Å². The Bertz CT molecular complexity index is 1100. The van der Waals surface area contributed by atoms with Crippen LogP contribution in [0.2, 0.25) is 0 Å². The van der Waals surface area contributed by atoms with E-state index in [-0.39, 0.29) is 25.3 Å². The van der Waals surface area contributed by atoms with Crippen LogP contribution in [0.5, 0.6) is 23.0 Å². The largest absolute Gasteiger partial charge is 0.454 e. The van der Waals surface area contributed by atoms with Crippen LogP contribution in [0.15, 0.2) is 35.1 Å². The summed E-state index contributed by atoms with van der Waals surface area (Å²) in [6.07, 6.45) is 0. The highest BCUT2D eigenvalue weighted by Gasteiger charge is 2.22. The molecule has 7 nitrogen and oxygen atoms in total. The van der Waals surface area contributed by atoms with Crippen LogP contribution < -0.4 is 24.6 Å². The summed E-state index contributed by atoms with van der Waals surface area (Å²) in [4.78, 5) is 17.1. The molecular weight excluding hydrogens is 336 g/mol. The number of aromatic nitrogens is 2. The highest BCUT2D eigenvalue weighted by atomic mass is 16.7. The van der Waals surface area contributed by atoms with Crippen molar-refractivity contribution >= 4 is 10.9 Å². The molecule has 3 aromatic rings. The SMILES string of the molecule is CC(C)n1c(=O)nc(-c2ccc3c(c2)OCO3)c2cc3c(cc21)OCO3. The zero-order valence-corrected chi connectivity index (χ0v) is 14.3. The first-order valence-electron chi connectivity index (χ1n) is 8.38. The molecule has 7 heteroatoms. The number of nitrogens with zero attached hydrogens (tertiary/aromatic N) is 2. The lowest BCUT2D eigenvalue weighted by Crippen LogP contribution is -2.25. The van der Waals surface area contributed by atoms with E-state index in [9.17, 15) is 4.79 Å². The average molecular weight is 352 g/mol. The van der Waals surface area contributed by atoms with Gasteiger partial charge in [-0.05, 0) is 38.1 Å². The van der Waals surface area contributed by atoms with Gasteiger partial charge in [-0.3, -0.25) is 4.57 Å². The minimum Gasteiger partial charge on any atom is -0.454 e. The minimum absolute atomic E-state index is 0.0383. The number of ether oxygens (including phenoxy) is 4. The lowest BCUT2D eigenvalue weighted by atomic mass is 10.0. The van der Waals surface area contributed by atoms with E-state index in [1.54, 1.807) is 4.57 Å². The van der Waals surface area contributed by atoms with E-state index in [0.717, 1.165) is 16.5 Å². The predicted octanol–water partition coefficient (Wildman–Crippen LogP) is 3.10. The van der Waals surface area contributed by atoms with Crippen LogP contribution in [0.1, 0.15) is 19.9 Å². The fourth-order valence-corrected chi connectivity index (χ4v) is 3.40. The third-order valence-corrected chi connectivity index (χ3v) is 4.58. The van der Waals surface area contributed by atoms with Gasteiger partial charge in [-0.2, -0.15) is 4.98 Å². The molecule has 132 valence electrons. The number of fused-ring (bicyclic) bond motifs is 3. The van der Waals surface area contributed by atoms with E-state index < -0.39 is 0 Å². The van der Waals surface area contributed by atoms with Crippen molar-refractivity contribution in [2.24, 2.45) is 0 Å². The van der Waals surface area contributed by atoms with Gasteiger partial charge in [-0.25, -0.2) is 4.79 Å². The monoisotopic (exact) mass is 352 g/mol. The second kappa shape index (κ2) is 5.39. The third-order valence-electron chi connectivity index (χ3n) is 4.58. The Hall–Kier alpha value is -3.22.